The van der Waals surface area contributed by atoms with Gasteiger partial charge >= 0.3 is 0 Å². The maximum Gasteiger partial charge on any atom is 0.219 e. The Morgan fingerprint density at radius 2 is 1.89 bits per heavy atom. The van der Waals surface area contributed by atoms with Gasteiger partial charge in [-0.2, -0.15) is 9.49 Å². The third-order valence-electron chi connectivity index (χ3n) is 2.87. The molecular formula is C13H15F2N3. The number of benzene rings is 1. The van der Waals surface area contributed by atoms with Crippen molar-refractivity contribution < 1.29 is 8.78 Å². The Kier molecular flexibility index (Phi) is 3.07. The van der Waals surface area contributed by atoms with Crippen LogP contribution in [0.4, 0.5) is 14.5 Å². The summed E-state index contributed by atoms with van der Waals surface area (Å²) in [5.41, 5.74) is 7.07. The minimum atomic E-state index is -0.549. The largest absolute Gasteiger partial charge is 0.398 e. The van der Waals surface area contributed by atoms with Crippen LogP contribution >= 0.6 is 0 Å². The normalized spacial score (nSPS) is 11.2. The number of rotatable bonds is 2. The highest BCUT2D eigenvalue weighted by atomic mass is 19.1. The highest BCUT2D eigenvalue weighted by Crippen LogP contribution is 2.29. The van der Waals surface area contributed by atoms with Gasteiger partial charge in [-0.25, -0.2) is 9.07 Å². The van der Waals surface area contributed by atoms with Crippen LogP contribution in [0.15, 0.2) is 18.3 Å². The van der Waals surface area contributed by atoms with E-state index < -0.39 is 11.8 Å². The summed E-state index contributed by atoms with van der Waals surface area (Å²) in [6.07, 6.45) is 1.32. The van der Waals surface area contributed by atoms with Gasteiger partial charge in [0.15, 0.2) is 0 Å². The van der Waals surface area contributed by atoms with Crippen LogP contribution in [0.1, 0.15) is 25.5 Å². The zero-order valence-corrected chi connectivity index (χ0v) is 10.5. The standard InChI is InChI=1S/C13H15F2N3/c1-7(2)18-13(15)10(6-17-18)9-5-12(16)8(3)4-11(9)14/h4-7H,16H2,1-3H3. The molecule has 3 nitrogen and oxygen atoms in total. The Morgan fingerprint density at radius 1 is 1.22 bits per heavy atom. The van der Waals surface area contributed by atoms with Crippen molar-refractivity contribution >= 4 is 5.69 Å². The molecule has 1 aromatic carbocycles. The molecular weight excluding hydrogens is 236 g/mol. The first kappa shape index (κ1) is 12.5. The molecule has 96 valence electrons. The van der Waals surface area contributed by atoms with Crippen molar-refractivity contribution in [1.82, 2.24) is 9.78 Å². The van der Waals surface area contributed by atoms with E-state index in [0.717, 1.165) is 0 Å². The van der Waals surface area contributed by atoms with Crippen LogP contribution in [0.3, 0.4) is 0 Å². The molecule has 2 N–H and O–H groups in total. The first-order chi connectivity index (χ1) is 8.41. The second kappa shape index (κ2) is 4.40. The Balaban J connectivity index is 2.59. The Labute approximate surface area is 104 Å². The number of aromatic nitrogens is 2. The Hall–Kier alpha value is -1.91. The lowest BCUT2D eigenvalue weighted by atomic mass is 10.0. The van der Waals surface area contributed by atoms with E-state index in [0.29, 0.717) is 11.3 Å². The number of nitrogen functional groups attached to an aromatic ring is 1. The summed E-state index contributed by atoms with van der Waals surface area (Å²) in [4.78, 5) is 0. The van der Waals surface area contributed by atoms with Gasteiger partial charge in [0.25, 0.3) is 0 Å². The zero-order chi connectivity index (χ0) is 13.4. The maximum atomic E-state index is 14.1. The topological polar surface area (TPSA) is 43.8 Å². The molecule has 0 bridgehead atoms. The molecule has 0 fully saturated rings. The predicted octanol–water partition coefficient (Wildman–Crippen LogP) is 3.30. The fourth-order valence-electron chi connectivity index (χ4n) is 1.78. The maximum absolute atomic E-state index is 14.1. The lowest BCUT2D eigenvalue weighted by Gasteiger charge is -2.08. The van der Waals surface area contributed by atoms with Crippen LogP contribution < -0.4 is 5.73 Å². The van der Waals surface area contributed by atoms with Crippen LogP contribution in [0, 0.1) is 18.7 Å². The molecule has 2 rings (SSSR count). The van der Waals surface area contributed by atoms with Crippen molar-refractivity contribution in [3.05, 3.63) is 35.7 Å². The van der Waals surface area contributed by atoms with E-state index in [9.17, 15) is 8.78 Å². The number of anilines is 1. The molecule has 0 atom stereocenters. The van der Waals surface area contributed by atoms with Gasteiger partial charge in [-0.05, 0) is 38.5 Å². The summed E-state index contributed by atoms with van der Waals surface area (Å²) in [6.45, 7) is 5.32. The minimum absolute atomic E-state index is 0.121. The van der Waals surface area contributed by atoms with Crippen molar-refractivity contribution in [2.24, 2.45) is 0 Å². The number of hydrogen-bond acceptors (Lipinski definition) is 2. The third kappa shape index (κ3) is 1.96. The average molecular weight is 251 g/mol. The summed E-state index contributed by atoms with van der Waals surface area (Å²) >= 11 is 0. The molecule has 0 radical (unpaired) electrons. The van der Waals surface area contributed by atoms with Crippen LogP contribution in [0.25, 0.3) is 11.1 Å². The van der Waals surface area contributed by atoms with Gasteiger partial charge in [-0.1, -0.05) is 0 Å². The van der Waals surface area contributed by atoms with E-state index in [4.69, 9.17) is 5.73 Å². The molecule has 0 amide bonds. The minimum Gasteiger partial charge on any atom is -0.398 e. The molecule has 1 heterocycles. The van der Waals surface area contributed by atoms with Gasteiger partial charge in [0.2, 0.25) is 5.95 Å². The summed E-state index contributed by atoms with van der Waals surface area (Å²) < 4.78 is 29.1. The number of aryl methyl sites for hydroxylation is 1. The molecule has 1 aromatic heterocycles. The van der Waals surface area contributed by atoms with Crippen molar-refractivity contribution in [3.8, 4) is 11.1 Å². The van der Waals surface area contributed by atoms with E-state index >= 15 is 0 Å². The number of hydrogen-bond donors (Lipinski definition) is 1. The van der Waals surface area contributed by atoms with Crippen LogP contribution in [-0.4, -0.2) is 9.78 Å². The molecule has 0 aliphatic heterocycles. The zero-order valence-electron chi connectivity index (χ0n) is 10.5. The highest BCUT2D eigenvalue weighted by Gasteiger charge is 2.18. The molecule has 2 aromatic rings. The molecule has 0 spiro atoms. The SMILES string of the molecule is Cc1cc(F)c(-c2cnn(C(C)C)c2F)cc1N. The number of halogens is 2. The van der Waals surface area contributed by atoms with E-state index in [-0.39, 0.29) is 17.2 Å². The number of nitrogens with two attached hydrogens (primary N) is 1. The molecule has 18 heavy (non-hydrogen) atoms. The highest BCUT2D eigenvalue weighted by molar-refractivity contribution is 5.69. The van der Waals surface area contributed by atoms with E-state index in [2.05, 4.69) is 5.10 Å². The third-order valence-corrected chi connectivity index (χ3v) is 2.87. The van der Waals surface area contributed by atoms with Gasteiger partial charge in [0.05, 0.1) is 11.8 Å². The van der Waals surface area contributed by atoms with Gasteiger partial charge in [-0.15, -0.1) is 0 Å². The van der Waals surface area contributed by atoms with Gasteiger partial charge < -0.3 is 5.73 Å². The first-order valence-corrected chi connectivity index (χ1v) is 5.70. The van der Waals surface area contributed by atoms with Crippen molar-refractivity contribution in [3.63, 3.8) is 0 Å². The van der Waals surface area contributed by atoms with Crippen LogP contribution in [0.2, 0.25) is 0 Å². The summed E-state index contributed by atoms with van der Waals surface area (Å²) in [5.74, 6) is -1.05. The van der Waals surface area contributed by atoms with E-state index in [1.807, 2.05) is 0 Å². The van der Waals surface area contributed by atoms with Crippen LogP contribution in [0.5, 0.6) is 0 Å². The second-order valence-corrected chi connectivity index (χ2v) is 4.58. The van der Waals surface area contributed by atoms with Crippen molar-refractivity contribution in [2.75, 3.05) is 5.73 Å². The molecule has 0 saturated heterocycles. The monoisotopic (exact) mass is 251 g/mol. The van der Waals surface area contributed by atoms with Crippen molar-refractivity contribution in [2.45, 2.75) is 26.8 Å². The lowest BCUT2D eigenvalue weighted by Crippen LogP contribution is -2.05. The van der Waals surface area contributed by atoms with Crippen LogP contribution in [-0.2, 0) is 0 Å². The Bertz CT molecular complexity index is 588. The first-order valence-electron chi connectivity index (χ1n) is 5.70. The molecule has 5 heteroatoms. The van der Waals surface area contributed by atoms with Gasteiger partial charge in [0.1, 0.15) is 5.82 Å². The van der Waals surface area contributed by atoms with E-state index in [1.165, 1.54) is 23.0 Å². The second-order valence-electron chi connectivity index (χ2n) is 4.58. The van der Waals surface area contributed by atoms with Crippen molar-refractivity contribution in [1.29, 1.82) is 0 Å². The predicted molar refractivity (Wildman–Crippen MR) is 67.1 cm³/mol. The molecule has 0 aliphatic rings. The Morgan fingerprint density at radius 3 is 2.44 bits per heavy atom. The molecule has 0 unspecified atom stereocenters. The fraction of sp³-hybridized carbons (Fsp3) is 0.308. The van der Waals surface area contributed by atoms with Gasteiger partial charge in [-0.3, -0.25) is 0 Å². The summed E-state index contributed by atoms with van der Waals surface area (Å²) in [6, 6.07) is 2.62. The lowest BCUT2D eigenvalue weighted by molar-refractivity contribution is 0.417. The summed E-state index contributed by atoms with van der Waals surface area (Å²) in [5, 5.41) is 3.92. The molecule has 0 saturated carbocycles. The smallest absolute Gasteiger partial charge is 0.219 e. The number of nitrogens with zero attached hydrogens (tertiary/aromatic N) is 2. The average Bonchev–Trinajstić information content (AvgIpc) is 2.66. The van der Waals surface area contributed by atoms with Gasteiger partial charge in [0, 0.05) is 17.3 Å². The fourth-order valence-corrected chi connectivity index (χ4v) is 1.78. The quantitative estimate of drug-likeness (QED) is 0.832. The summed E-state index contributed by atoms with van der Waals surface area (Å²) in [7, 11) is 0. The molecule has 0 aliphatic carbocycles. The van der Waals surface area contributed by atoms with E-state index in [1.54, 1.807) is 20.8 Å².